The van der Waals surface area contributed by atoms with Crippen LogP contribution in [0.15, 0.2) is 34.9 Å². The number of nitrogens with zero attached hydrogens (tertiary/aromatic N) is 1. The number of hydrogen-bond acceptors (Lipinski definition) is 7. The maximum absolute atomic E-state index is 12.7. The molecular formula is C23H26N4O5. The molecule has 1 aromatic carbocycles. The molecule has 0 aliphatic carbocycles. The number of amides is 2. The first-order valence-electron chi connectivity index (χ1n) is 9.88. The minimum absolute atomic E-state index is 0.0139. The number of aliphatic hydroxyl groups is 1. The topological polar surface area (TPSA) is 137 Å². The van der Waals surface area contributed by atoms with E-state index < -0.39 is 23.4 Å². The molecule has 0 saturated heterocycles. The monoisotopic (exact) mass is 438 g/mol. The molecular weight excluding hydrogens is 412 g/mol. The molecule has 0 fully saturated rings. The zero-order valence-corrected chi connectivity index (χ0v) is 18.2. The number of aryl methyl sites for hydroxylation is 1. The SMILES string of the molecule is Cc1cc(CNC(C)(C)C(NC(=O)c2ccc(C#CC#CCCO)cc2)C(=O)NO)no1. The van der Waals surface area contributed by atoms with Crippen LogP contribution in [0, 0.1) is 30.6 Å². The maximum atomic E-state index is 12.7. The van der Waals surface area contributed by atoms with Crippen molar-refractivity contribution < 1.29 is 24.4 Å². The number of hydroxylamine groups is 1. The second-order valence-corrected chi connectivity index (χ2v) is 7.49. The average molecular weight is 438 g/mol. The van der Waals surface area contributed by atoms with Crippen LogP contribution in [0.3, 0.4) is 0 Å². The van der Waals surface area contributed by atoms with Crippen molar-refractivity contribution in [1.29, 1.82) is 0 Å². The van der Waals surface area contributed by atoms with Crippen LogP contribution in [0.2, 0.25) is 0 Å². The normalized spacial score (nSPS) is 11.4. The van der Waals surface area contributed by atoms with E-state index in [0.29, 0.717) is 35.5 Å². The smallest absolute Gasteiger partial charge is 0.267 e. The van der Waals surface area contributed by atoms with Gasteiger partial charge in [0.15, 0.2) is 0 Å². The quantitative estimate of drug-likeness (QED) is 0.235. The molecule has 0 bridgehead atoms. The molecule has 1 unspecified atom stereocenters. The molecule has 0 aliphatic heterocycles. The summed E-state index contributed by atoms with van der Waals surface area (Å²) in [5.41, 5.74) is 2.29. The van der Waals surface area contributed by atoms with Crippen molar-refractivity contribution in [3.63, 3.8) is 0 Å². The summed E-state index contributed by atoms with van der Waals surface area (Å²) in [5.74, 6) is 10.2. The summed E-state index contributed by atoms with van der Waals surface area (Å²) in [4.78, 5) is 25.0. The predicted octanol–water partition coefficient (Wildman–Crippen LogP) is 0.893. The standard InChI is InChI=1S/C23H26N4O5/c1-16-14-19(27-32-16)15-24-23(2,3)20(22(30)26-31)25-21(29)18-11-9-17(10-12-18)8-6-4-5-7-13-28/h9-12,14,20,24,28,31H,7,13,15H2,1-3H3,(H,25,29)(H,26,30). The Hall–Kier alpha value is -3.63. The molecule has 2 aromatic rings. The van der Waals surface area contributed by atoms with E-state index in [-0.39, 0.29) is 6.61 Å². The van der Waals surface area contributed by atoms with Crippen LogP contribution < -0.4 is 16.1 Å². The molecule has 2 rings (SSSR count). The van der Waals surface area contributed by atoms with Crippen molar-refractivity contribution in [2.45, 2.75) is 45.3 Å². The first-order chi connectivity index (χ1) is 15.3. The highest BCUT2D eigenvalue weighted by atomic mass is 16.5. The van der Waals surface area contributed by atoms with Gasteiger partial charge in [-0.3, -0.25) is 14.8 Å². The molecule has 0 spiro atoms. The number of benzene rings is 1. The van der Waals surface area contributed by atoms with Gasteiger partial charge in [0.2, 0.25) is 0 Å². The first kappa shape index (κ1) is 24.6. The Balaban J connectivity index is 2.08. The molecule has 0 saturated carbocycles. The Kier molecular flexibility index (Phi) is 8.99. The van der Waals surface area contributed by atoms with Gasteiger partial charge in [0.25, 0.3) is 11.8 Å². The van der Waals surface area contributed by atoms with E-state index in [2.05, 4.69) is 39.5 Å². The lowest BCUT2D eigenvalue weighted by molar-refractivity contribution is -0.133. The van der Waals surface area contributed by atoms with E-state index in [4.69, 9.17) is 14.8 Å². The summed E-state index contributed by atoms with van der Waals surface area (Å²) >= 11 is 0. The van der Waals surface area contributed by atoms with Gasteiger partial charge in [-0.1, -0.05) is 17.0 Å². The number of carbonyl (C=O) groups excluding carboxylic acids is 2. The van der Waals surface area contributed by atoms with Crippen LogP contribution in [0.4, 0.5) is 0 Å². The molecule has 2 amide bonds. The molecule has 9 nitrogen and oxygen atoms in total. The number of nitrogens with one attached hydrogen (secondary N) is 3. The molecule has 0 aliphatic rings. The van der Waals surface area contributed by atoms with Crippen LogP contribution in [-0.2, 0) is 11.3 Å². The van der Waals surface area contributed by atoms with E-state index in [0.717, 1.165) is 0 Å². The fourth-order valence-electron chi connectivity index (χ4n) is 2.75. The van der Waals surface area contributed by atoms with E-state index in [1.165, 1.54) is 0 Å². The Morgan fingerprint density at radius 3 is 2.53 bits per heavy atom. The van der Waals surface area contributed by atoms with Gasteiger partial charge in [-0.25, -0.2) is 5.48 Å². The van der Waals surface area contributed by atoms with Crippen molar-refractivity contribution >= 4 is 11.8 Å². The molecule has 168 valence electrons. The minimum atomic E-state index is -1.09. The molecule has 0 radical (unpaired) electrons. The second kappa shape index (κ2) is 11.7. The van der Waals surface area contributed by atoms with E-state index in [1.807, 2.05) is 0 Å². The van der Waals surface area contributed by atoms with Crippen LogP contribution in [0.25, 0.3) is 0 Å². The molecule has 9 heteroatoms. The predicted molar refractivity (Wildman–Crippen MR) is 116 cm³/mol. The molecule has 1 atom stereocenters. The van der Waals surface area contributed by atoms with Crippen LogP contribution in [0.1, 0.15) is 47.6 Å². The van der Waals surface area contributed by atoms with Gasteiger partial charge in [-0.15, -0.1) is 0 Å². The van der Waals surface area contributed by atoms with Crippen molar-refractivity contribution in [1.82, 2.24) is 21.3 Å². The average Bonchev–Trinajstić information content (AvgIpc) is 3.21. The van der Waals surface area contributed by atoms with Crippen molar-refractivity contribution in [2.24, 2.45) is 0 Å². The summed E-state index contributed by atoms with van der Waals surface area (Å²) in [6.45, 7) is 5.49. The fraction of sp³-hybridized carbons (Fsp3) is 0.348. The van der Waals surface area contributed by atoms with Crippen molar-refractivity contribution in [3.8, 4) is 23.7 Å². The first-order valence-corrected chi connectivity index (χ1v) is 9.88. The van der Waals surface area contributed by atoms with Crippen LogP contribution in [0.5, 0.6) is 0 Å². The maximum Gasteiger partial charge on any atom is 0.267 e. The number of hydrogen-bond donors (Lipinski definition) is 5. The van der Waals surface area contributed by atoms with Gasteiger partial charge in [0, 0.05) is 35.7 Å². The highest BCUT2D eigenvalue weighted by Gasteiger charge is 2.36. The summed E-state index contributed by atoms with van der Waals surface area (Å²) in [6, 6.07) is 7.14. The van der Waals surface area contributed by atoms with Crippen molar-refractivity contribution in [2.75, 3.05) is 6.61 Å². The lowest BCUT2D eigenvalue weighted by atomic mass is 9.93. The van der Waals surface area contributed by atoms with Crippen LogP contribution in [-0.4, -0.2) is 45.5 Å². The summed E-state index contributed by atoms with van der Waals surface area (Å²) in [6.07, 6.45) is 0.361. The third-order valence-corrected chi connectivity index (χ3v) is 4.51. The molecule has 5 N–H and O–H groups in total. The Labute approximate surface area is 186 Å². The Bertz CT molecular complexity index is 1050. The van der Waals surface area contributed by atoms with Gasteiger partial charge in [0.1, 0.15) is 11.8 Å². The van der Waals surface area contributed by atoms with Gasteiger partial charge in [-0.2, -0.15) is 0 Å². The van der Waals surface area contributed by atoms with E-state index >= 15 is 0 Å². The summed E-state index contributed by atoms with van der Waals surface area (Å²) < 4.78 is 5.03. The van der Waals surface area contributed by atoms with Gasteiger partial charge in [-0.05, 0) is 56.9 Å². The number of carbonyl (C=O) groups is 2. The number of rotatable bonds is 8. The molecule has 32 heavy (non-hydrogen) atoms. The zero-order chi connectivity index (χ0) is 23.6. The lowest BCUT2D eigenvalue weighted by Crippen LogP contribution is -2.62. The largest absolute Gasteiger partial charge is 0.395 e. The summed E-state index contributed by atoms with van der Waals surface area (Å²) in [5, 5.41) is 27.5. The summed E-state index contributed by atoms with van der Waals surface area (Å²) in [7, 11) is 0. The third-order valence-electron chi connectivity index (χ3n) is 4.51. The van der Waals surface area contributed by atoms with E-state index in [9.17, 15) is 9.59 Å². The lowest BCUT2D eigenvalue weighted by Gasteiger charge is -2.34. The van der Waals surface area contributed by atoms with Gasteiger partial charge < -0.3 is 20.3 Å². The Morgan fingerprint density at radius 1 is 1.22 bits per heavy atom. The number of aliphatic hydroxyl groups excluding tert-OH is 1. The molecule has 1 aromatic heterocycles. The number of aromatic nitrogens is 1. The van der Waals surface area contributed by atoms with Gasteiger partial charge >= 0.3 is 0 Å². The highest BCUT2D eigenvalue weighted by molar-refractivity contribution is 5.97. The zero-order valence-electron chi connectivity index (χ0n) is 18.2. The Morgan fingerprint density at radius 2 is 1.94 bits per heavy atom. The fourth-order valence-corrected chi connectivity index (χ4v) is 2.75. The van der Waals surface area contributed by atoms with Crippen LogP contribution >= 0.6 is 0 Å². The third kappa shape index (κ3) is 7.25. The van der Waals surface area contributed by atoms with Gasteiger partial charge in [0.05, 0.1) is 12.3 Å². The molecule has 1 heterocycles. The second-order valence-electron chi connectivity index (χ2n) is 7.49. The minimum Gasteiger partial charge on any atom is -0.395 e. The van der Waals surface area contributed by atoms with Crippen molar-refractivity contribution in [3.05, 3.63) is 52.9 Å². The highest BCUT2D eigenvalue weighted by Crippen LogP contribution is 2.13. The van der Waals surface area contributed by atoms with E-state index in [1.54, 1.807) is 56.6 Å².